The fourth-order valence-electron chi connectivity index (χ4n) is 4.68. The van der Waals surface area contributed by atoms with Crippen molar-refractivity contribution in [1.29, 1.82) is 0 Å². The summed E-state index contributed by atoms with van der Waals surface area (Å²) in [4.78, 5) is 40.3. The lowest BCUT2D eigenvalue weighted by molar-refractivity contribution is -0.135. The predicted octanol–water partition coefficient (Wildman–Crippen LogP) is 3.78. The van der Waals surface area contributed by atoms with E-state index in [0.29, 0.717) is 34.0 Å². The maximum Gasteiger partial charge on any atom is 0.287 e. The molecule has 3 aromatic rings. The normalized spacial score (nSPS) is 16.9. The number of rotatable bonds is 9. The number of Topliss-reactive ketones (excluding diaryl/α,β-unsaturated/α-hetero) is 1. The van der Waals surface area contributed by atoms with Crippen LogP contribution in [0.4, 0.5) is 0 Å². The van der Waals surface area contributed by atoms with Gasteiger partial charge in [0.15, 0.2) is 11.5 Å². The summed E-state index contributed by atoms with van der Waals surface area (Å²) in [5.41, 5.74) is 0.444. The second-order valence-electron chi connectivity index (χ2n) is 10.1. The van der Waals surface area contributed by atoms with Gasteiger partial charge in [0.1, 0.15) is 23.4 Å². The first-order valence-corrected chi connectivity index (χ1v) is 14.8. The van der Waals surface area contributed by atoms with Gasteiger partial charge in [-0.1, -0.05) is 31.5 Å². The van der Waals surface area contributed by atoms with Crippen molar-refractivity contribution in [3.8, 4) is 5.75 Å². The van der Waals surface area contributed by atoms with E-state index in [2.05, 4.69) is 10.6 Å². The number of hydrogen-bond acceptors (Lipinski definition) is 8. The molecule has 1 aromatic heterocycles. The van der Waals surface area contributed by atoms with Crippen LogP contribution in [0.5, 0.6) is 5.75 Å². The minimum atomic E-state index is -4.52. The molecule has 1 unspecified atom stereocenters. The average molecular weight is 590 g/mol. The highest BCUT2D eigenvalue weighted by atomic mass is 35.5. The smallest absolute Gasteiger partial charge is 0.287 e. The summed E-state index contributed by atoms with van der Waals surface area (Å²) in [5, 5.41) is 6.41. The largest absolute Gasteiger partial charge is 0.497 e. The molecule has 0 radical (unpaired) electrons. The molecule has 2 amide bonds. The van der Waals surface area contributed by atoms with Crippen molar-refractivity contribution in [2.45, 2.75) is 50.1 Å². The number of nitrogens with zero attached hydrogens (tertiary/aromatic N) is 1. The first-order valence-electron chi connectivity index (χ1n) is 13.0. The summed E-state index contributed by atoms with van der Waals surface area (Å²) in [7, 11) is -3.00. The van der Waals surface area contributed by atoms with Gasteiger partial charge in [0, 0.05) is 10.4 Å². The number of benzene rings is 2. The van der Waals surface area contributed by atoms with Crippen molar-refractivity contribution in [1.82, 2.24) is 14.9 Å². The third-order valence-corrected chi connectivity index (χ3v) is 8.65. The zero-order chi connectivity index (χ0) is 29.0. The maximum absolute atomic E-state index is 14.1. The fourth-order valence-corrected chi connectivity index (χ4v) is 6.61. The van der Waals surface area contributed by atoms with Crippen molar-refractivity contribution < 1.29 is 32.0 Å². The van der Waals surface area contributed by atoms with Crippen LogP contribution in [-0.4, -0.2) is 62.6 Å². The lowest BCUT2D eigenvalue weighted by Gasteiger charge is -2.33. The van der Waals surface area contributed by atoms with E-state index in [0.717, 1.165) is 0 Å². The molecular weight excluding hydrogens is 558 g/mol. The predicted molar refractivity (Wildman–Crippen MR) is 150 cm³/mol. The van der Waals surface area contributed by atoms with Gasteiger partial charge in [-0.15, -0.1) is 0 Å². The van der Waals surface area contributed by atoms with Crippen LogP contribution < -0.4 is 15.4 Å². The van der Waals surface area contributed by atoms with Gasteiger partial charge < -0.3 is 19.8 Å². The molecule has 2 aromatic carbocycles. The van der Waals surface area contributed by atoms with Gasteiger partial charge in [-0.2, -0.15) is 0 Å². The number of sulfonamides is 1. The van der Waals surface area contributed by atoms with Crippen molar-refractivity contribution in [3.63, 3.8) is 0 Å². The monoisotopic (exact) mass is 589 g/mol. The molecule has 0 saturated carbocycles. The zero-order valence-corrected chi connectivity index (χ0v) is 24.0. The Morgan fingerprint density at radius 2 is 1.98 bits per heavy atom. The molecule has 0 aliphatic carbocycles. The number of furan rings is 1. The van der Waals surface area contributed by atoms with E-state index in [9.17, 15) is 22.8 Å². The molecule has 2 atom stereocenters. The molecule has 2 heterocycles. The summed E-state index contributed by atoms with van der Waals surface area (Å²) < 4.78 is 39.4. The molecular formula is C28H32ClN3O7S. The molecule has 1 aliphatic heterocycles. The van der Waals surface area contributed by atoms with Crippen molar-refractivity contribution in [2.24, 2.45) is 5.92 Å². The second kappa shape index (κ2) is 12.4. The summed E-state index contributed by atoms with van der Waals surface area (Å²) in [6, 6.07) is 9.60. The lowest BCUT2D eigenvalue weighted by Crippen LogP contribution is -2.56. The van der Waals surface area contributed by atoms with E-state index < -0.39 is 39.7 Å². The minimum absolute atomic E-state index is 0.0520. The Morgan fingerprint density at radius 1 is 1.20 bits per heavy atom. The highest BCUT2D eigenvalue weighted by Crippen LogP contribution is 2.27. The molecule has 0 bridgehead atoms. The summed E-state index contributed by atoms with van der Waals surface area (Å²) in [5.74, 6) is -1.60. The number of fused-ring (bicyclic) bond motifs is 1. The molecule has 4 rings (SSSR count). The highest BCUT2D eigenvalue weighted by Gasteiger charge is 2.43. The van der Waals surface area contributed by atoms with E-state index in [4.69, 9.17) is 20.8 Å². The summed E-state index contributed by atoms with van der Waals surface area (Å²) in [6.45, 7) is 4.11. The molecule has 2 N–H and O–H groups in total. The number of carbonyl (C=O) groups excluding carboxylic acids is 3. The first kappa shape index (κ1) is 29.6. The van der Waals surface area contributed by atoms with E-state index in [-0.39, 0.29) is 41.0 Å². The van der Waals surface area contributed by atoms with Gasteiger partial charge in [0.2, 0.25) is 0 Å². The van der Waals surface area contributed by atoms with Crippen LogP contribution in [0.1, 0.15) is 43.7 Å². The SMILES string of the molecule is COc1ccc2oc(C(=O)N[C@@H](CC(C)C)C(=O)N(C3CCCNCC3=O)S(=O)(=O)c3cccc(Cl)c3)cc2c1. The molecule has 0 spiro atoms. The first-order chi connectivity index (χ1) is 19.0. The molecule has 40 heavy (non-hydrogen) atoms. The Bertz CT molecular complexity index is 1520. The Kier molecular flexibility index (Phi) is 9.17. The molecule has 214 valence electrons. The van der Waals surface area contributed by atoms with E-state index in [1.165, 1.54) is 37.4 Å². The number of ketones is 1. The van der Waals surface area contributed by atoms with E-state index >= 15 is 0 Å². The zero-order valence-electron chi connectivity index (χ0n) is 22.5. The number of amides is 2. The number of nitrogens with one attached hydrogen (secondary N) is 2. The van der Waals surface area contributed by atoms with Gasteiger partial charge in [-0.25, -0.2) is 12.7 Å². The summed E-state index contributed by atoms with van der Waals surface area (Å²) >= 11 is 6.08. The fraction of sp³-hybridized carbons (Fsp3) is 0.393. The Morgan fingerprint density at radius 3 is 2.67 bits per heavy atom. The lowest BCUT2D eigenvalue weighted by atomic mass is 10.0. The number of halogens is 1. The van der Waals surface area contributed by atoms with Gasteiger partial charge >= 0.3 is 0 Å². The Hall–Kier alpha value is -3.41. The van der Waals surface area contributed by atoms with Crippen LogP contribution in [0, 0.1) is 5.92 Å². The van der Waals surface area contributed by atoms with Crippen molar-refractivity contribution >= 4 is 50.2 Å². The Balaban J connectivity index is 1.72. The second-order valence-corrected chi connectivity index (χ2v) is 12.3. The van der Waals surface area contributed by atoms with Gasteiger partial charge in [0.25, 0.3) is 21.8 Å². The average Bonchev–Trinajstić information content (AvgIpc) is 3.23. The van der Waals surface area contributed by atoms with Crippen LogP contribution in [0.2, 0.25) is 5.02 Å². The number of ether oxygens (including phenoxy) is 1. The van der Waals surface area contributed by atoms with Gasteiger partial charge in [-0.3, -0.25) is 14.4 Å². The van der Waals surface area contributed by atoms with Crippen LogP contribution in [-0.2, 0) is 19.6 Å². The molecule has 1 aliphatic rings. The van der Waals surface area contributed by atoms with Crippen molar-refractivity contribution in [3.05, 3.63) is 59.3 Å². The molecule has 1 saturated heterocycles. The van der Waals surface area contributed by atoms with E-state index in [1.54, 1.807) is 18.2 Å². The third kappa shape index (κ3) is 6.48. The van der Waals surface area contributed by atoms with Crippen LogP contribution >= 0.6 is 11.6 Å². The molecule has 12 heteroatoms. The Labute approximate surface area is 238 Å². The van der Waals surface area contributed by atoms with E-state index in [1.807, 2.05) is 13.8 Å². The number of methoxy groups -OCH3 is 1. The van der Waals surface area contributed by atoms with Crippen LogP contribution in [0.3, 0.4) is 0 Å². The quantitative estimate of drug-likeness (QED) is 0.385. The highest BCUT2D eigenvalue weighted by molar-refractivity contribution is 7.89. The number of carbonyl (C=O) groups is 3. The number of hydrogen-bond donors (Lipinski definition) is 2. The standard InChI is InChI=1S/C28H32ClN3O7S/c1-17(2)12-22(31-27(34)26-14-18-13-20(38-3)9-10-25(18)39-26)28(35)32(23-8-5-11-30-16-24(23)33)40(36,37)21-7-4-6-19(29)15-21/h4,6-7,9-10,13-15,17,22-23,30H,5,8,11-12,16H2,1-3H3,(H,31,34)/t22-,23?/m0/s1. The van der Waals surface area contributed by atoms with Gasteiger partial charge in [-0.05, 0) is 74.2 Å². The van der Waals surface area contributed by atoms with Crippen molar-refractivity contribution in [2.75, 3.05) is 20.2 Å². The van der Waals surface area contributed by atoms with Crippen LogP contribution in [0.25, 0.3) is 11.0 Å². The van der Waals surface area contributed by atoms with Gasteiger partial charge in [0.05, 0.1) is 18.6 Å². The maximum atomic E-state index is 14.1. The topological polar surface area (TPSA) is 135 Å². The minimum Gasteiger partial charge on any atom is -0.497 e. The molecule has 10 nitrogen and oxygen atoms in total. The van der Waals surface area contributed by atoms with Crippen LogP contribution in [0.15, 0.2) is 57.8 Å². The third-order valence-electron chi connectivity index (χ3n) is 6.61. The summed E-state index contributed by atoms with van der Waals surface area (Å²) in [6.07, 6.45) is 0.749. The molecule has 1 fully saturated rings.